The Balaban J connectivity index is 2.41. The summed E-state index contributed by atoms with van der Waals surface area (Å²) >= 11 is 0. The third kappa shape index (κ3) is 4.70. The van der Waals surface area contributed by atoms with Crippen LogP contribution >= 0.6 is 0 Å². The summed E-state index contributed by atoms with van der Waals surface area (Å²) in [6.45, 7) is 3.92. The minimum absolute atomic E-state index is 0.159. The van der Waals surface area contributed by atoms with Crippen molar-refractivity contribution in [3.8, 4) is 0 Å². The monoisotopic (exact) mass is 248 g/mol. The van der Waals surface area contributed by atoms with E-state index in [1.807, 2.05) is 32.0 Å². The number of unbranched alkanes of at least 4 members (excludes halogenated alkanes) is 2. The first-order chi connectivity index (χ1) is 8.50. The van der Waals surface area contributed by atoms with Gasteiger partial charge < -0.3 is 5.11 Å². The molecule has 0 aliphatic heterocycles. The lowest BCUT2D eigenvalue weighted by molar-refractivity contribution is -0.137. The van der Waals surface area contributed by atoms with Crippen molar-refractivity contribution in [1.82, 2.24) is 0 Å². The molecule has 0 spiro atoms. The highest BCUT2D eigenvalue weighted by Gasteiger charge is 2.09. The maximum Gasteiger partial charge on any atom is 0.303 e. The molecule has 0 heterocycles. The van der Waals surface area contributed by atoms with Gasteiger partial charge in [0, 0.05) is 18.4 Å². The first-order valence-corrected chi connectivity index (χ1v) is 6.33. The van der Waals surface area contributed by atoms with E-state index in [9.17, 15) is 9.59 Å². The third-order valence-electron chi connectivity index (χ3n) is 2.99. The first kappa shape index (κ1) is 14.4. The highest BCUT2D eigenvalue weighted by atomic mass is 16.4. The predicted molar refractivity (Wildman–Crippen MR) is 71.0 cm³/mol. The molecule has 18 heavy (non-hydrogen) atoms. The standard InChI is InChI=1S/C15H20O3/c1-11-8-9-12(2)13(10-11)14(16)6-4-3-5-7-15(17)18/h8-10H,3-7H2,1-2H3,(H,17,18). The minimum atomic E-state index is -0.768. The molecule has 0 amide bonds. The molecule has 0 saturated heterocycles. The summed E-state index contributed by atoms with van der Waals surface area (Å²) in [7, 11) is 0. The largest absolute Gasteiger partial charge is 0.481 e. The van der Waals surface area contributed by atoms with Crippen LogP contribution in [0.1, 0.15) is 53.6 Å². The van der Waals surface area contributed by atoms with Crippen LogP contribution in [-0.4, -0.2) is 16.9 Å². The van der Waals surface area contributed by atoms with Crippen molar-refractivity contribution >= 4 is 11.8 Å². The molecule has 98 valence electrons. The smallest absolute Gasteiger partial charge is 0.303 e. The van der Waals surface area contributed by atoms with Crippen LogP contribution in [0.2, 0.25) is 0 Å². The molecule has 0 aliphatic rings. The fourth-order valence-electron chi connectivity index (χ4n) is 1.91. The van der Waals surface area contributed by atoms with E-state index in [1.54, 1.807) is 0 Å². The molecule has 0 radical (unpaired) electrons. The lowest BCUT2D eigenvalue weighted by atomic mass is 9.98. The average Bonchev–Trinajstić information content (AvgIpc) is 2.31. The van der Waals surface area contributed by atoms with Gasteiger partial charge in [0.05, 0.1) is 0 Å². The number of Topliss-reactive ketones (excluding diaryl/α,β-unsaturated/α-hetero) is 1. The second-order valence-corrected chi connectivity index (χ2v) is 4.70. The van der Waals surface area contributed by atoms with Crippen LogP contribution in [0.4, 0.5) is 0 Å². The molecule has 1 N–H and O–H groups in total. The number of aryl methyl sites for hydroxylation is 2. The maximum absolute atomic E-state index is 12.0. The van der Waals surface area contributed by atoms with Gasteiger partial charge in [0.1, 0.15) is 0 Å². The second-order valence-electron chi connectivity index (χ2n) is 4.70. The minimum Gasteiger partial charge on any atom is -0.481 e. The summed E-state index contributed by atoms with van der Waals surface area (Å²) in [6.07, 6.45) is 2.90. The van der Waals surface area contributed by atoms with E-state index < -0.39 is 5.97 Å². The van der Waals surface area contributed by atoms with Crippen molar-refractivity contribution < 1.29 is 14.7 Å². The van der Waals surface area contributed by atoms with Crippen molar-refractivity contribution in [3.05, 3.63) is 34.9 Å². The van der Waals surface area contributed by atoms with Crippen LogP contribution in [0.3, 0.4) is 0 Å². The maximum atomic E-state index is 12.0. The SMILES string of the molecule is Cc1ccc(C)c(C(=O)CCCCCC(=O)O)c1. The Morgan fingerprint density at radius 1 is 1.06 bits per heavy atom. The summed E-state index contributed by atoms with van der Waals surface area (Å²) in [5.74, 6) is -0.609. The molecule has 0 aliphatic carbocycles. The predicted octanol–water partition coefficient (Wildman–Crippen LogP) is 3.52. The molecule has 0 bridgehead atoms. The number of hydrogen-bond acceptors (Lipinski definition) is 2. The van der Waals surface area contributed by atoms with Gasteiger partial charge in [-0.05, 0) is 38.3 Å². The van der Waals surface area contributed by atoms with E-state index in [1.165, 1.54) is 0 Å². The number of hydrogen-bond donors (Lipinski definition) is 1. The molecular formula is C15H20O3. The van der Waals surface area contributed by atoms with Crippen molar-refractivity contribution in [3.63, 3.8) is 0 Å². The molecule has 1 aromatic rings. The second kappa shape index (κ2) is 6.94. The Hall–Kier alpha value is -1.64. The number of benzene rings is 1. The zero-order chi connectivity index (χ0) is 13.5. The van der Waals surface area contributed by atoms with Crippen LogP contribution in [0.25, 0.3) is 0 Å². The van der Waals surface area contributed by atoms with Crippen molar-refractivity contribution in [2.24, 2.45) is 0 Å². The van der Waals surface area contributed by atoms with E-state index in [0.29, 0.717) is 12.8 Å². The fourth-order valence-corrected chi connectivity index (χ4v) is 1.91. The number of carbonyl (C=O) groups is 2. The van der Waals surface area contributed by atoms with E-state index >= 15 is 0 Å². The topological polar surface area (TPSA) is 54.4 Å². The quantitative estimate of drug-likeness (QED) is 0.593. The van der Waals surface area contributed by atoms with Gasteiger partial charge in [0.2, 0.25) is 0 Å². The lowest BCUT2D eigenvalue weighted by Gasteiger charge is -2.06. The number of rotatable bonds is 7. The van der Waals surface area contributed by atoms with Crippen LogP contribution in [0.5, 0.6) is 0 Å². The van der Waals surface area contributed by atoms with Crippen LogP contribution in [0, 0.1) is 13.8 Å². The first-order valence-electron chi connectivity index (χ1n) is 6.33. The van der Waals surface area contributed by atoms with Gasteiger partial charge in [-0.2, -0.15) is 0 Å². The van der Waals surface area contributed by atoms with Gasteiger partial charge in [-0.15, -0.1) is 0 Å². The highest BCUT2D eigenvalue weighted by molar-refractivity contribution is 5.97. The zero-order valence-corrected chi connectivity index (χ0v) is 11.0. The van der Waals surface area contributed by atoms with Crippen LogP contribution in [-0.2, 0) is 4.79 Å². The molecule has 0 unspecified atom stereocenters. The summed E-state index contributed by atoms with van der Waals surface area (Å²) in [6, 6.07) is 5.89. The zero-order valence-electron chi connectivity index (χ0n) is 11.0. The highest BCUT2D eigenvalue weighted by Crippen LogP contribution is 2.15. The average molecular weight is 248 g/mol. The Morgan fingerprint density at radius 3 is 2.39 bits per heavy atom. The molecule has 0 aromatic heterocycles. The molecule has 1 aromatic carbocycles. The molecular weight excluding hydrogens is 228 g/mol. The Bertz CT molecular complexity index is 435. The van der Waals surface area contributed by atoms with Gasteiger partial charge in [0.15, 0.2) is 5.78 Å². The fraction of sp³-hybridized carbons (Fsp3) is 0.467. The van der Waals surface area contributed by atoms with Gasteiger partial charge in [-0.25, -0.2) is 0 Å². The van der Waals surface area contributed by atoms with Crippen molar-refractivity contribution in [2.75, 3.05) is 0 Å². The van der Waals surface area contributed by atoms with Crippen molar-refractivity contribution in [1.29, 1.82) is 0 Å². The summed E-state index contributed by atoms with van der Waals surface area (Å²) in [5.41, 5.74) is 2.90. The lowest BCUT2D eigenvalue weighted by Crippen LogP contribution is -2.02. The van der Waals surface area contributed by atoms with Crippen LogP contribution in [0.15, 0.2) is 18.2 Å². The summed E-state index contributed by atoms with van der Waals surface area (Å²) in [5, 5.41) is 8.50. The Kier molecular flexibility index (Phi) is 5.56. The van der Waals surface area contributed by atoms with E-state index in [4.69, 9.17) is 5.11 Å². The van der Waals surface area contributed by atoms with E-state index in [-0.39, 0.29) is 12.2 Å². The molecule has 0 saturated carbocycles. The van der Waals surface area contributed by atoms with Gasteiger partial charge in [-0.1, -0.05) is 24.1 Å². The third-order valence-corrected chi connectivity index (χ3v) is 2.99. The van der Waals surface area contributed by atoms with Crippen LogP contribution < -0.4 is 0 Å². The Labute approximate surface area is 108 Å². The number of ketones is 1. The number of aliphatic carboxylic acids is 1. The summed E-state index contributed by atoms with van der Waals surface area (Å²) < 4.78 is 0. The molecule has 3 nitrogen and oxygen atoms in total. The number of carboxylic acid groups (broad SMARTS) is 1. The number of carboxylic acids is 1. The number of carbonyl (C=O) groups excluding carboxylic acids is 1. The van der Waals surface area contributed by atoms with Gasteiger partial charge in [-0.3, -0.25) is 9.59 Å². The van der Waals surface area contributed by atoms with Crippen molar-refractivity contribution in [2.45, 2.75) is 46.0 Å². The molecule has 3 heteroatoms. The van der Waals surface area contributed by atoms with E-state index in [2.05, 4.69) is 0 Å². The van der Waals surface area contributed by atoms with Gasteiger partial charge >= 0.3 is 5.97 Å². The van der Waals surface area contributed by atoms with E-state index in [0.717, 1.165) is 29.5 Å². The normalized spacial score (nSPS) is 10.3. The molecule has 1 rings (SSSR count). The molecule has 0 atom stereocenters. The Morgan fingerprint density at radius 2 is 1.72 bits per heavy atom. The molecule has 0 fully saturated rings. The summed E-state index contributed by atoms with van der Waals surface area (Å²) in [4.78, 5) is 22.3. The van der Waals surface area contributed by atoms with Gasteiger partial charge in [0.25, 0.3) is 0 Å².